The maximum absolute atomic E-state index is 12.5. The minimum absolute atomic E-state index is 0.0346. The number of halogens is 3. The largest absolute Gasteiger partial charge is 0.460 e. The van der Waals surface area contributed by atoms with Crippen LogP contribution in [0.25, 0.3) is 11.3 Å². The Labute approximate surface area is 152 Å². The molecule has 26 heavy (non-hydrogen) atoms. The molecular formula is C17H14F3NO3S2. The third kappa shape index (κ3) is 4.75. The van der Waals surface area contributed by atoms with Gasteiger partial charge in [-0.05, 0) is 41.3 Å². The second-order valence-electron chi connectivity index (χ2n) is 5.55. The zero-order chi connectivity index (χ0) is 18.8. The highest BCUT2D eigenvalue weighted by atomic mass is 32.2. The summed E-state index contributed by atoms with van der Waals surface area (Å²) in [5, 5.41) is 3.82. The van der Waals surface area contributed by atoms with Crippen LogP contribution in [0.3, 0.4) is 0 Å². The average molecular weight is 401 g/mol. The van der Waals surface area contributed by atoms with E-state index in [9.17, 15) is 21.6 Å². The van der Waals surface area contributed by atoms with Crippen molar-refractivity contribution in [3.05, 3.63) is 70.1 Å². The topological polar surface area (TPSA) is 59.3 Å². The van der Waals surface area contributed by atoms with Gasteiger partial charge in [-0.1, -0.05) is 12.1 Å². The SMILES string of the molecule is O=S(=O)(Cc1ccc(C(F)(F)F)cc1)NCc1ccc(-c2ccsc2)o1. The Morgan fingerprint density at radius 2 is 1.77 bits per heavy atom. The highest BCUT2D eigenvalue weighted by molar-refractivity contribution is 7.88. The molecule has 0 spiro atoms. The van der Waals surface area contributed by atoms with Gasteiger partial charge in [-0.3, -0.25) is 0 Å². The van der Waals surface area contributed by atoms with E-state index in [-0.39, 0.29) is 12.1 Å². The molecule has 1 aromatic carbocycles. The lowest BCUT2D eigenvalue weighted by molar-refractivity contribution is -0.137. The van der Waals surface area contributed by atoms with Crippen LogP contribution in [0.15, 0.2) is 57.6 Å². The van der Waals surface area contributed by atoms with Gasteiger partial charge in [0.2, 0.25) is 10.0 Å². The summed E-state index contributed by atoms with van der Waals surface area (Å²) in [5.41, 5.74) is 0.362. The van der Waals surface area contributed by atoms with E-state index >= 15 is 0 Å². The summed E-state index contributed by atoms with van der Waals surface area (Å²) in [5.74, 6) is 0.675. The van der Waals surface area contributed by atoms with Gasteiger partial charge in [0.1, 0.15) is 11.5 Å². The monoisotopic (exact) mass is 401 g/mol. The van der Waals surface area contributed by atoms with E-state index in [0.29, 0.717) is 11.5 Å². The number of alkyl halides is 3. The summed E-state index contributed by atoms with van der Waals surface area (Å²) in [4.78, 5) is 0. The molecule has 0 bridgehead atoms. The lowest BCUT2D eigenvalue weighted by Crippen LogP contribution is -2.24. The quantitative estimate of drug-likeness (QED) is 0.654. The molecule has 4 nitrogen and oxygen atoms in total. The fourth-order valence-electron chi connectivity index (χ4n) is 2.27. The zero-order valence-corrected chi connectivity index (χ0v) is 14.9. The Hall–Kier alpha value is -2.10. The lowest BCUT2D eigenvalue weighted by atomic mass is 10.1. The summed E-state index contributed by atoms with van der Waals surface area (Å²) in [7, 11) is -3.71. The van der Waals surface area contributed by atoms with Crippen LogP contribution in [0.1, 0.15) is 16.9 Å². The molecule has 0 amide bonds. The standard InChI is InChI=1S/C17H14F3NO3S2/c18-17(19,20)14-3-1-12(2-4-14)11-26(22,23)21-9-15-5-6-16(24-15)13-7-8-25-10-13/h1-8,10,21H,9,11H2. The molecule has 0 aliphatic carbocycles. The minimum atomic E-state index is -4.45. The Kier molecular flexibility index (Phi) is 5.22. The molecule has 9 heteroatoms. The van der Waals surface area contributed by atoms with Crippen LogP contribution >= 0.6 is 11.3 Å². The third-order valence-corrected chi connectivity index (χ3v) is 5.55. The van der Waals surface area contributed by atoms with E-state index in [4.69, 9.17) is 4.42 Å². The third-order valence-electron chi connectivity index (χ3n) is 3.57. The maximum atomic E-state index is 12.5. The number of furan rings is 1. The molecular weight excluding hydrogens is 387 g/mol. The summed E-state index contributed by atoms with van der Waals surface area (Å²) in [6, 6.07) is 9.36. The van der Waals surface area contributed by atoms with Crippen LogP contribution in [0.5, 0.6) is 0 Å². The van der Waals surface area contributed by atoms with Gasteiger partial charge < -0.3 is 4.42 Å². The van der Waals surface area contributed by atoms with Gasteiger partial charge in [-0.15, -0.1) is 0 Å². The van der Waals surface area contributed by atoms with Crippen molar-refractivity contribution in [1.82, 2.24) is 4.72 Å². The highest BCUT2D eigenvalue weighted by Gasteiger charge is 2.30. The van der Waals surface area contributed by atoms with Gasteiger partial charge in [-0.2, -0.15) is 24.5 Å². The van der Waals surface area contributed by atoms with E-state index in [1.54, 1.807) is 12.1 Å². The van der Waals surface area contributed by atoms with Gasteiger partial charge in [0, 0.05) is 10.9 Å². The molecule has 0 aliphatic rings. The van der Waals surface area contributed by atoms with Gasteiger partial charge in [-0.25, -0.2) is 13.1 Å². The van der Waals surface area contributed by atoms with E-state index in [2.05, 4.69) is 4.72 Å². The summed E-state index contributed by atoms with van der Waals surface area (Å²) in [6.07, 6.45) is -4.45. The minimum Gasteiger partial charge on any atom is -0.460 e. The molecule has 138 valence electrons. The van der Waals surface area contributed by atoms with Crippen molar-refractivity contribution in [2.24, 2.45) is 0 Å². The molecule has 0 radical (unpaired) electrons. The molecule has 2 heterocycles. The fraction of sp³-hybridized carbons (Fsp3) is 0.176. The van der Waals surface area contributed by atoms with Crippen molar-refractivity contribution in [1.29, 1.82) is 0 Å². The van der Waals surface area contributed by atoms with Gasteiger partial charge >= 0.3 is 6.18 Å². The van der Waals surface area contributed by atoms with Crippen molar-refractivity contribution >= 4 is 21.4 Å². The second-order valence-corrected chi connectivity index (χ2v) is 8.14. The van der Waals surface area contributed by atoms with Gasteiger partial charge in [0.15, 0.2) is 0 Å². The zero-order valence-electron chi connectivity index (χ0n) is 13.3. The van der Waals surface area contributed by atoms with Crippen LogP contribution in [0.2, 0.25) is 0 Å². The Bertz CT molecular complexity index is 960. The number of hydrogen-bond donors (Lipinski definition) is 1. The molecule has 0 unspecified atom stereocenters. The maximum Gasteiger partial charge on any atom is 0.416 e. The smallest absolute Gasteiger partial charge is 0.416 e. The summed E-state index contributed by atoms with van der Waals surface area (Å²) >= 11 is 1.52. The molecule has 0 saturated heterocycles. The summed E-state index contributed by atoms with van der Waals surface area (Å²) in [6.45, 7) is -0.0346. The van der Waals surface area contributed by atoms with Gasteiger partial charge in [0.05, 0.1) is 17.9 Å². The number of sulfonamides is 1. The first kappa shape index (κ1) is 18.7. The van der Waals surface area contributed by atoms with Crippen LogP contribution in [0, 0.1) is 0 Å². The predicted octanol–water partition coefficient (Wildman–Crippen LogP) is 4.65. The number of benzene rings is 1. The summed E-state index contributed by atoms with van der Waals surface area (Å²) < 4.78 is 69.8. The first-order chi connectivity index (χ1) is 12.2. The van der Waals surface area contributed by atoms with Crippen molar-refractivity contribution in [2.75, 3.05) is 0 Å². The van der Waals surface area contributed by atoms with E-state index in [1.807, 2.05) is 16.8 Å². The predicted molar refractivity (Wildman–Crippen MR) is 92.9 cm³/mol. The van der Waals surface area contributed by atoms with Crippen molar-refractivity contribution in [2.45, 2.75) is 18.5 Å². The first-order valence-electron chi connectivity index (χ1n) is 7.48. The van der Waals surface area contributed by atoms with Gasteiger partial charge in [0.25, 0.3) is 0 Å². The molecule has 0 aliphatic heterocycles. The number of rotatable bonds is 6. The van der Waals surface area contributed by atoms with E-state index in [0.717, 1.165) is 29.8 Å². The van der Waals surface area contributed by atoms with E-state index in [1.165, 1.54) is 11.3 Å². The molecule has 0 atom stereocenters. The molecule has 2 aromatic heterocycles. The normalized spacial score (nSPS) is 12.4. The Balaban J connectivity index is 1.61. The van der Waals surface area contributed by atoms with Crippen molar-refractivity contribution < 1.29 is 26.0 Å². The molecule has 1 N–H and O–H groups in total. The number of hydrogen-bond acceptors (Lipinski definition) is 4. The first-order valence-corrected chi connectivity index (χ1v) is 10.1. The van der Waals surface area contributed by atoms with Crippen LogP contribution in [-0.4, -0.2) is 8.42 Å². The average Bonchev–Trinajstić information content (AvgIpc) is 3.24. The molecule has 3 aromatic rings. The van der Waals surface area contributed by atoms with E-state index < -0.39 is 27.5 Å². The van der Waals surface area contributed by atoms with Crippen molar-refractivity contribution in [3.63, 3.8) is 0 Å². The van der Waals surface area contributed by atoms with Crippen LogP contribution < -0.4 is 4.72 Å². The number of nitrogens with one attached hydrogen (secondary N) is 1. The van der Waals surface area contributed by atoms with Crippen LogP contribution in [-0.2, 0) is 28.5 Å². The Morgan fingerprint density at radius 1 is 1.04 bits per heavy atom. The lowest BCUT2D eigenvalue weighted by Gasteiger charge is -2.08. The van der Waals surface area contributed by atoms with Crippen LogP contribution in [0.4, 0.5) is 13.2 Å². The fourth-order valence-corrected chi connectivity index (χ4v) is 4.01. The van der Waals surface area contributed by atoms with Crippen molar-refractivity contribution in [3.8, 4) is 11.3 Å². The second kappa shape index (κ2) is 7.26. The molecule has 0 fully saturated rings. The number of thiophene rings is 1. The Morgan fingerprint density at radius 3 is 2.38 bits per heavy atom. The molecule has 0 saturated carbocycles. The highest BCUT2D eigenvalue weighted by Crippen LogP contribution is 2.29. The molecule has 3 rings (SSSR count).